The Hall–Kier alpha value is -1.45. The molecule has 0 spiro atoms. The van der Waals surface area contributed by atoms with E-state index in [0.717, 1.165) is 0 Å². The van der Waals surface area contributed by atoms with Gasteiger partial charge in [0.05, 0.1) is 6.54 Å². The normalized spacial score (nSPS) is 11.7. The summed E-state index contributed by atoms with van der Waals surface area (Å²) in [6.45, 7) is 3.83. The molecule has 0 saturated carbocycles. The molecule has 19 heavy (non-hydrogen) atoms. The van der Waals surface area contributed by atoms with Gasteiger partial charge in [-0.25, -0.2) is 8.42 Å². The maximum atomic E-state index is 12.2. The second-order valence-corrected chi connectivity index (χ2v) is 6.73. The molecule has 0 unspecified atom stereocenters. The second-order valence-electron chi connectivity index (χ2n) is 3.90. The van der Waals surface area contributed by atoms with Crippen molar-refractivity contribution in [3.05, 3.63) is 22.6 Å². The lowest BCUT2D eigenvalue weighted by atomic mass is 10.4. The van der Waals surface area contributed by atoms with Gasteiger partial charge < -0.3 is 9.73 Å². The van der Waals surface area contributed by atoms with E-state index in [4.69, 9.17) is 4.42 Å². The van der Waals surface area contributed by atoms with Gasteiger partial charge in [-0.3, -0.25) is 4.72 Å². The molecule has 0 bridgehead atoms. The Morgan fingerprint density at radius 3 is 2.68 bits per heavy atom. The molecule has 0 aromatic carbocycles. The van der Waals surface area contributed by atoms with Gasteiger partial charge in [-0.2, -0.15) is 0 Å². The number of aromatic nitrogens is 2. The van der Waals surface area contributed by atoms with Gasteiger partial charge in [0.1, 0.15) is 21.4 Å². The van der Waals surface area contributed by atoms with Crippen LogP contribution in [0.2, 0.25) is 0 Å². The van der Waals surface area contributed by atoms with Crippen molar-refractivity contribution in [3.8, 4) is 0 Å². The number of aryl methyl sites for hydroxylation is 2. The molecule has 2 aromatic rings. The number of hydrogen-bond donors (Lipinski definition) is 2. The lowest BCUT2D eigenvalue weighted by Crippen LogP contribution is -2.13. The first kappa shape index (κ1) is 14.0. The summed E-state index contributed by atoms with van der Waals surface area (Å²) in [6, 6.07) is 1.50. The number of furan rings is 1. The summed E-state index contributed by atoms with van der Waals surface area (Å²) >= 11 is 1.18. The van der Waals surface area contributed by atoms with Gasteiger partial charge >= 0.3 is 0 Å². The van der Waals surface area contributed by atoms with E-state index in [1.807, 2.05) is 0 Å². The van der Waals surface area contributed by atoms with Gasteiger partial charge in [-0.15, -0.1) is 10.2 Å². The van der Waals surface area contributed by atoms with Crippen LogP contribution >= 0.6 is 11.3 Å². The Kier molecular flexibility index (Phi) is 3.88. The van der Waals surface area contributed by atoms with E-state index in [-0.39, 0.29) is 10.0 Å². The predicted molar refractivity (Wildman–Crippen MR) is 71.7 cm³/mol. The Labute approximate surface area is 115 Å². The molecule has 0 aliphatic rings. The molecule has 0 aliphatic carbocycles. The molecule has 0 aliphatic heterocycles. The third-order valence-corrected chi connectivity index (χ3v) is 4.64. The molecule has 0 amide bonds. The summed E-state index contributed by atoms with van der Waals surface area (Å²) in [5, 5.41) is 11.3. The zero-order valence-corrected chi connectivity index (χ0v) is 12.4. The number of nitrogens with zero attached hydrogens (tertiary/aromatic N) is 2. The summed E-state index contributed by atoms with van der Waals surface area (Å²) in [7, 11) is -1.93. The summed E-state index contributed by atoms with van der Waals surface area (Å²) in [5.41, 5.74) is 0. The van der Waals surface area contributed by atoms with Crippen LogP contribution in [0.3, 0.4) is 0 Å². The fourth-order valence-electron chi connectivity index (χ4n) is 1.56. The van der Waals surface area contributed by atoms with Crippen molar-refractivity contribution < 1.29 is 12.8 Å². The van der Waals surface area contributed by atoms with Gasteiger partial charge in [0.15, 0.2) is 0 Å². The summed E-state index contributed by atoms with van der Waals surface area (Å²) in [4.78, 5) is 0.116. The van der Waals surface area contributed by atoms with E-state index in [0.29, 0.717) is 23.1 Å². The molecule has 2 aromatic heterocycles. The number of rotatable bonds is 5. The molecule has 2 rings (SSSR count). The maximum absolute atomic E-state index is 12.2. The highest BCUT2D eigenvalue weighted by atomic mass is 32.2. The molecule has 2 N–H and O–H groups in total. The van der Waals surface area contributed by atoms with Crippen LogP contribution in [0.4, 0.5) is 5.13 Å². The Morgan fingerprint density at radius 2 is 2.11 bits per heavy atom. The first-order valence-corrected chi connectivity index (χ1v) is 7.79. The quantitative estimate of drug-likeness (QED) is 0.863. The van der Waals surface area contributed by atoms with Crippen molar-refractivity contribution in [2.75, 3.05) is 11.8 Å². The second kappa shape index (κ2) is 5.27. The number of sulfonamides is 1. The van der Waals surface area contributed by atoms with E-state index in [1.165, 1.54) is 17.4 Å². The highest BCUT2D eigenvalue weighted by Crippen LogP contribution is 2.24. The standard InChI is InChI=1S/C10H14N4O3S2/c1-6-9(4-8(17-6)5-11-3)19(15,16)14-10-13-12-7(2)18-10/h4,11H,5H2,1-3H3,(H,13,14). The molecule has 0 radical (unpaired) electrons. The number of nitrogens with one attached hydrogen (secondary N) is 2. The van der Waals surface area contributed by atoms with Crippen LogP contribution in [0.15, 0.2) is 15.4 Å². The fraction of sp³-hybridized carbons (Fsp3) is 0.400. The Balaban J connectivity index is 2.28. The van der Waals surface area contributed by atoms with Gasteiger partial charge in [-0.05, 0) is 20.9 Å². The summed E-state index contributed by atoms with van der Waals surface area (Å²) < 4.78 is 32.2. The highest BCUT2D eigenvalue weighted by molar-refractivity contribution is 7.93. The summed E-state index contributed by atoms with van der Waals surface area (Å²) in [6.07, 6.45) is 0. The minimum Gasteiger partial charge on any atom is -0.464 e. The van der Waals surface area contributed by atoms with E-state index < -0.39 is 10.0 Å². The molecule has 0 atom stereocenters. The van der Waals surface area contributed by atoms with Gasteiger partial charge in [0.25, 0.3) is 10.0 Å². The van der Waals surface area contributed by atoms with E-state index >= 15 is 0 Å². The monoisotopic (exact) mass is 302 g/mol. The van der Waals surface area contributed by atoms with Crippen molar-refractivity contribution in [2.24, 2.45) is 0 Å². The molecular formula is C10H14N4O3S2. The molecular weight excluding hydrogens is 288 g/mol. The van der Waals surface area contributed by atoms with E-state index in [9.17, 15) is 8.42 Å². The Morgan fingerprint density at radius 1 is 1.37 bits per heavy atom. The minimum atomic E-state index is -3.69. The maximum Gasteiger partial charge on any atom is 0.267 e. The van der Waals surface area contributed by atoms with Crippen LogP contribution in [0.25, 0.3) is 0 Å². The summed E-state index contributed by atoms with van der Waals surface area (Å²) in [5.74, 6) is 0.910. The van der Waals surface area contributed by atoms with Crippen molar-refractivity contribution in [2.45, 2.75) is 25.3 Å². The van der Waals surface area contributed by atoms with E-state index in [2.05, 4.69) is 20.2 Å². The van der Waals surface area contributed by atoms with Crippen LogP contribution in [0, 0.1) is 13.8 Å². The lowest BCUT2D eigenvalue weighted by molar-refractivity contribution is 0.466. The molecule has 0 saturated heterocycles. The van der Waals surface area contributed by atoms with Crippen molar-refractivity contribution >= 4 is 26.5 Å². The number of hydrogen-bond acceptors (Lipinski definition) is 7. The van der Waals surface area contributed by atoms with Crippen LogP contribution in [-0.2, 0) is 16.6 Å². The third-order valence-electron chi connectivity index (χ3n) is 2.31. The van der Waals surface area contributed by atoms with Crippen LogP contribution in [0.5, 0.6) is 0 Å². The Bertz CT molecular complexity index is 675. The number of anilines is 1. The zero-order chi connectivity index (χ0) is 14.0. The van der Waals surface area contributed by atoms with Crippen molar-refractivity contribution in [3.63, 3.8) is 0 Å². The molecule has 104 valence electrons. The smallest absolute Gasteiger partial charge is 0.267 e. The zero-order valence-electron chi connectivity index (χ0n) is 10.7. The minimum absolute atomic E-state index is 0.116. The van der Waals surface area contributed by atoms with Crippen molar-refractivity contribution in [1.82, 2.24) is 15.5 Å². The molecule has 9 heteroatoms. The van der Waals surface area contributed by atoms with Crippen LogP contribution in [0.1, 0.15) is 16.5 Å². The fourth-order valence-corrected chi connectivity index (χ4v) is 3.59. The average Bonchev–Trinajstić information content (AvgIpc) is 2.86. The predicted octanol–water partition coefficient (Wildman–Crippen LogP) is 1.27. The molecule has 2 heterocycles. The first-order chi connectivity index (χ1) is 8.92. The van der Waals surface area contributed by atoms with Crippen LogP contribution < -0.4 is 10.0 Å². The van der Waals surface area contributed by atoms with Gasteiger partial charge in [0.2, 0.25) is 5.13 Å². The lowest BCUT2D eigenvalue weighted by Gasteiger charge is -2.02. The highest BCUT2D eigenvalue weighted by Gasteiger charge is 2.22. The van der Waals surface area contributed by atoms with Gasteiger partial charge in [0, 0.05) is 6.07 Å². The van der Waals surface area contributed by atoms with Crippen molar-refractivity contribution in [1.29, 1.82) is 0 Å². The van der Waals surface area contributed by atoms with Gasteiger partial charge in [-0.1, -0.05) is 11.3 Å². The topological polar surface area (TPSA) is 97.1 Å². The average molecular weight is 302 g/mol. The molecule has 7 nitrogen and oxygen atoms in total. The van der Waals surface area contributed by atoms with Crippen LogP contribution in [-0.4, -0.2) is 25.7 Å². The molecule has 0 fully saturated rings. The van der Waals surface area contributed by atoms with E-state index in [1.54, 1.807) is 20.9 Å². The first-order valence-electron chi connectivity index (χ1n) is 5.49. The SMILES string of the molecule is CNCc1cc(S(=O)(=O)Nc2nnc(C)s2)c(C)o1. The largest absolute Gasteiger partial charge is 0.464 e. The third kappa shape index (κ3) is 3.11.